The maximum absolute atomic E-state index is 15.2. The Morgan fingerprint density at radius 2 is 0.475 bits per heavy atom. The first-order valence-electron chi connectivity index (χ1n) is 51.3. The number of anilines is 2. The lowest BCUT2D eigenvalue weighted by molar-refractivity contribution is 0.101. The van der Waals surface area contributed by atoms with Gasteiger partial charge in [0.15, 0.2) is 23.0 Å². The van der Waals surface area contributed by atoms with Gasteiger partial charge in [0, 0.05) is 41.7 Å². The maximum atomic E-state index is 15.2. The van der Waals surface area contributed by atoms with Crippen LogP contribution in [0.3, 0.4) is 0 Å². The van der Waals surface area contributed by atoms with E-state index in [0.29, 0.717) is 133 Å². The van der Waals surface area contributed by atoms with Crippen molar-refractivity contribution < 1.29 is 56.1 Å². The number of rotatable bonds is 85. The number of hydrogen-bond donors (Lipinski definition) is 4. The van der Waals surface area contributed by atoms with E-state index in [9.17, 15) is 0 Å². The molecule has 0 saturated carbocycles. The van der Waals surface area contributed by atoms with Gasteiger partial charge in [-0.1, -0.05) is 416 Å². The molecule has 14 nitrogen and oxygen atoms in total. The lowest BCUT2D eigenvalue weighted by atomic mass is 10.00. The molecule has 122 heavy (non-hydrogen) atoms. The quantitative estimate of drug-likeness (QED) is 0.0110. The zero-order valence-corrected chi connectivity index (χ0v) is 79.8. The number of aromatic nitrogens is 2. The van der Waals surface area contributed by atoms with E-state index < -0.39 is 30.8 Å². The number of ether oxygens (including phenoxy) is 6. The number of hydrogen-bond acceptors (Lipinski definition) is 10. The zero-order chi connectivity index (χ0) is 87.9. The van der Waals surface area contributed by atoms with E-state index in [4.69, 9.17) is 33.1 Å². The highest BCUT2D eigenvalue weighted by molar-refractivity contribution is 6.36. The van der Waals surface area contributed by atoms with Crippen LogP contribution in [0.5, 0.6) is 34.5 Å². The molecule has 0 atom stereocenters. The van der Waals surface area contributed by atoms with Crippen molar-refractivity contribution in [1.29, 1.82) is 0 Å². The normalized spacial score (nSPS) is 11.6. The van der Waals surface area contributed by atoms with E-state index in [1.807, 2.05) is 52.0 Å². The van der Waals surface area contributed by atoms with Gasteiger partial charge in [0.2, 0.25) is 17.3 Å². The van der Waals surface area contributed by atoms with E-state index in [-0.39, 0.29) is 22.8 Å². The van der Waals surface area contributed by atoms with Crippen molar-refractivity contribution in [3.05, 3.63) is 75.4 Å². The fourth-order valence-electron chi connectivity index (χ4n) is 17.0. The Bertz CT molecular complexity index is 3220. The van der Waals surface area contributed by atoms with Crippen molar-refractivity contribution in [2.24, 2.45) is 0 Å². The van der Waals surface area contributed by atoms with Crippen molar-refractivity contribution in [3.63, 3.8) is 0 Å². The fourth-order valence-corrected chi connectivity index (χ4v) is 17.0. The first-order valence-corrected chi connectivity index (χ1v) is 51.3. The molecule has 696 valence electrons. The summed E-state index contributed by atoms with van der Waals surface area (Å²) in [4.78, 5) is 51.8. The Hall–Kier alpha value is -6.13. The van der Waals surface area contributed by atoms with E-state index in [2.05, 4.69) is 62.1 Å². The molecule has 4 N–H and O–H groups in total. The first kappa shape index (κ1) is 108. The number of benzene rings is 2. The van der Waals surface area contributed by atoms with Crippen molar-refractivity contribution >= 4 is 42.2 Å². The molecular weight excluding hydrogens is 1530 g/mol. The van der Waals surface area contributed by atoms with Crippen molar-refractivity contribution in [3.8, 4) is 34.5 Å². The van der Waals surface area contributed by atoms with Crippen molar-refractivity contribution in [2.75, 3.05) is 50.3 Å². The predicted octanol–water partition coefficient (Wildman–Crippen LogP) is 33.1. The Morgan fingerprint density at radius 3 is 0.697 bits per heavy atom. The van der Waals surface area contributed by atoms with Crippen LogP contribution in [0.1, 0.15) is 514 Å². The maximum Gasteiger partial charge on any atom is 0.796 e. The monoisotopic (exact) mass is 1710 g/mol. The molecule has 2 heterocycles. The van der Waals surface area contributed by atoms with Gasteiger partial charge in [-0.3, -0.25) is 14.4 Å². The summed E-state index contributed by atoms with van der Waals surface area (Å²) < 4.78 is 75.9. The summed E-state index contributed by atoms with van der Waals surface area (Å²) >= 11 is 0. The number of aromatic amines is 2. The highest BCUT2D eigenvalue weighted by Crippen LogP contribution is 2.44. The topological polar surface area (TPSA) is 171 Å². The minimum absolute atomic E-state index is 0.0770. The third-order valence-electron chi connectivity index (χ3n) is 24.3. The number of ketones is 1. The number of H-pyrrole nitrogens is 2. The van der Waals surface area contributed by atoms with Gasteiger partial charge in [0.05, 0.1) is 51.0 Å². The Morgan fingerprint density at radius 1 is 0.279 bits per heavy atom. The van der Waals surface area contributed by atoms with E-state index in [0.717, 1.165) is 122 Å². The molecule has 0 saturated heterocycles. The average Bonchev–Trinajstić information content (AvgIpc) is 1.63. The van der Waals surface area contributed by atoms with Crippen molar-refractivity contribution in [1.82, 2.24) is 9.97 Å². The number of allylic oxidation sites excluding steroid dienone is 1. The van der Waals surface area contributed by atoms with Gasteiger partial charge in [-0.05, 0) is 86.5 Å². The van der Waals surface area contributed by atoms with Crippen LogP contribution in [0.25, 0.3) is 5.76 Å². The van der Waals surface area contributed by atoms with Gasteiger partial charge < -0.3 is 53.7 Å². The van der Waals surface area contributed by atoms with E-state index in [1.54, 1.807) is 0 Å². The van der Waals surface area contributed by atoms with Crippen LogP contribution in [0.15, 0.2) is 30.3 Å². The smallest absolute Gasteiger partial charge is 0.503 e. The summed E-state index contributed by atoms with van der Waals surface area (Å²) in [5.41, 5.74) is 3.71. The molecule has 4 rings (SSSR count). The van der Waals surface area contributed by atoms with E-state index >= 15 is 23.0 Å². The number of halogens is 2. The van der Waals surface area contributed by atoms with Gasteiger partial charge in [0.25, 0.3) is 11.8 Å². The predicted molar refractivity (Wildman–Crippen MR) is 513 cm³/mol. The molecule has 0 fully saturated rings. The third-order valence-corrected chi connectivity index (χ3v) is 24.3. The Kier molecular flexibility index (Phi) is 64.7. The average molecular weight is 1710 g/mol. The summed E-state index contributed by atoms with van der Waals surface area (Å²) in [6.07, 6.45) is 74.4. The number of unbranched alkanes of at least 4 members (excludes halogenated alkanes) is 54. The van der Waals surface area contributed by atoms with Gasteiger partial charge in [-0.2, -0.15) is 0 Å². The molecule has 2 amide bonds. The van der Waals surface area contributed by atoms with Crippen LogP contribution >= 0.6 is 0 Å². The summed E-state index contributed by atoms with van der Waals surface area (Å²) in [5.74, 6) is 0.968. The molecule has 4 aromatic rings. The Labute approximate surface area is 744 Å². The highest BCUT2D eigenvalue weighted by Gasteiger charge is 2.31. The van der Waals surface area contributed by atoms with Gasteiger partial charge in [-0.15, -0.1) is 0 Å². The highest BCUT2D eigenvalue weighted by atomic mass is 19.2. The summed E-state index contributed by atoms with van der Waals surface area (Å²) in [6, 6.07) is 7.30. The largest absolute Gasteiger partial charge is 0.796 e. The Balaban J connectivity index is 1.73. The molecular formula is C105H179BF2N4O10. The summed E-state index contributed by atoms with van der Waals surface area (Å²) in [6.45, 7) is 24.1. The van der Waals surface area contributed by atoms with Crippen LogP contribution in [-0.4, -0.2) is 74.7 Å². The van der Waals surface area contributed by atoms with Crippen LogP contribution < -0.4 is 39.1 Å². The molecule has 0 aliphatic heterocycles. The number of amides is 2. The zero-order valence-electron chi connectivity index (χ0n) is 79.8. The molecule has 0 unspecified atom stereocenters. The summed E-state index contributed by atoms with van der Waals surface area (Å²) in [5, 5.41) is 6.34. The minimum Gasteiger partial charge on any atom is -0.503 e. The number of carbonyl (C=O) groups is 3. The van der Waals surface area contributed by atoms with Gasteiger partial charge >= 0.3 is 7.47 Å². The molecule has 2 aromatic heterocycles. The molecule has 0 bridgehead atoms. The molecule has 0 radical (unpaired) electrons. The van der Waals surface area contributed by atoms with Crippen LogP contribution in [0, 0.1) is 0 Å². The second kappa shape index (κ2) is 73.0. The second-order valence-electron chi connectivity index (χ2n) is 35.0. The van der Waals surface area contributed by atoms with Crippen LogP contribution in [-0.2, 0) is 30.3 Å². The molecule has 0 aliphatic rings. The third kappa shape index (κ3) is 46.9. The second-order valence-corrected chi connectivity index (χ2v) is 35.0. The minimum atomic E-state index is -3.33. The molecule has 0 spiro atoms. The SMILES string of the molecule is CCCCCCCCCCCCOc1cc(NC(=O)c2[nH]c(C(=O)/C=C(\OB(F)F)c3[nH]c(C(=O)Nc4cc(OCCCCCCCCCCCC)c(OCCCCCCCCCCCC)c(OCCCCCCCCCCCC)c4)c(CC)c3CC)c(CC)c2CC)cc(OCCCCCCCCCCCC)c1OCCCCCCCCCCCC. The number of nitrogens with one attached hydrogen (secondary N) is 4. The molecule has 0 aliphatic carbocycles. The van der Waals surface area contributed by atoms with E-state index in [1.165, 1.54) is 270 Å². The van der Waals surface area contributed by atoms with Crippen molar-refractivity contribution in [2.45, 2.75) is 480 Å². The van der Waals surface area contributed by atoms with Gasteiger partial charge in [-0.25, -0.2) is 8.63 Å². The van der Waals surface area contributed by atoms with Crippen LogP contribution in [0.2, 0.25) is 0 Å². The molecule has 2 aromatic carbocycles. The standard InChI is InChI=1S/C105H179BF2N4O10/c1-11-21-27-33-39-45-51-57-63-69-75-116-94-81-86(82-95(117-76-70-64-58-52-46-40-34-28-22-12-2)102(94)120-79-73-67-61-55-49-43-37-31-25-15-5)109-104(114)100-90(19-9)88(17-7)98(111-100)92(113)85-93(122-106(107)108)99-89(18-8)91(20-10)101(112-99)105(115)110-87-83-96(118-77-71-65-59-53-47-41-35-29-23-13-3)103(121-80-74-68-62-56-50-44-38-32-26-16-6)97(84-87)119-78-72-66-60-54-48-42-36-30-24-14-4/h81-85,111-112H,11-80H2,1-10H3,(H,109,114)(H,110,115)/b93-85-. The van der Waals surface area contributed by atoms with Crippen LogP contribution in [0.4, 0.5) is 20.0 Å². The lowest BCUT2D eigenvalue weighted by Crippen LogP contribution is -2.15. The summed E-state index contributed by atoms with van der Waals surface area (Å²) in [7, 11) is -3.33. The lowest BCUT2D eigenvalue weighted by Gasteiger charge is -2.19. The number of carbonyl (C=O) groups excluding carboxylic acids is 3. The first-order chi connectivity index (χ1) is 59.9. The molecule has 17 heteroatoms. The fraction of sp³-hybridized carbons (Fsp3) is 0.762. The van der Waals surface area contributed by atoms with Gasteiger partial charge in [0.1, 0.15) is 17.1 Å².